The van der Waals surface area contributed by atoms with E-state index in [-0.39, 0.29) is 0 Å². The molecule has 5 nitrogen and oxygen atoms in total. The molecule has 128 valence electrons. The highest BCUT2D eigenvalue weighted by atomic mass is 32.1. The Kier molecular flexibility index (Phi) is 4.72. The molecule has 0 aliphatic carbocycles. The van der Waals surface area contributed by atoms with Gasteiger partial charge >= 0.3 is 0 Å². The molecular weight excluding hydrogens is 330 g/mol. The van der Waals surface area contributed by atoms with E-state index in [1.807, 2.05) is 37.4 Å². The second kappa shape index (κ2) is 7.29. The second-order valence-corrected chi connectivity index (χ2v) is 7.35. The van der Waals surface area contributed by atoms with Gasteiger partial charge in [-0.25, -0.2) is 15.0 Å². The van der Waals surface area contributed by atoms with Gasteiger partial charge in [-0.2, -0.15) is 0 Å². The molecule has 2 N–H and O–H groups in total. The lowest BCUT2D eigenvalue weighted by atomic mass is 9.99. The Labute approximate surface area is 151 Å². The van der Waals surface area contributed by atoms with Crippen molar-refractivity contribution >= 4 is 22.3 Å². The molecule has 6 heteroatoms. The van der Waals surface area contributed by atoms with Gasteiger partial charge in [0.15, 0.2) is 5.13 Å². The van der Waals surface area contributed by atoms with Crippen LogP contribution in [0.25, 0.3) is 10.4 Å². The maximum atomic E-state index is 4.74. The largest absolute Gasteiger partial charge is 0.316 e. The molecule has 2 aromatic heterocycles. The maximum Gasteiger partial charge on any atom is 0.188 e. The van der Waals surface area contributed by atoms with Gasteiger partial charge in [0.1, 0.15) is 11.6 Å². The number of aryl methyl sites for hydroxylation is 1. The van der Waals surface area contributed by atoms with Crippen molar-refractivity contribution in [3.63, 3.8) is 0 Å². The first-order chi connectivity index (χ1) is 12.3. The minimum Gasteiger partial charge on any atom is -0.316 e. The van der Waals surface area contributed by atoms with E-state index in [0.29, 0.717) is 5.92 Å². The van der Waals surface area contributed by atoms with Crippen molar-refractivity contribution in [2.24, 2.45) is 0 Å². The molecule has 3 aromatic rings. The number of nitrogens with one attached hydrogen (secondary N) is 2. The molecule has 0 spiro atoms. The van der Waals surface area contributed by atoms with Crippen LogP contribution in [0.2, 0.25) is 0 Å². The number of anilines is 2. The van der Waals surface area contributed by atoms with Gasteiger partial charge in [-0.15, -0.1) is 0 Å². The molecule has 1 saturated heterocycles. The SMILES string of the molecule is Cc1cc(Nc2ncc(-c3ccccc3)s2)nc([C@@H]2CCCNC2)n1. The maximum absolute atomic E-state index is 4.74. The third-order valence-electron chi connectivity index (χ3n) is 4.33. The quantitative estimate of drug-likeness (QED) is 0.740. The summed E-state index contributed by atoms with van der Waals surface area (Å²) in [5.74, 6) is 2.14. The summed E-state index contributed by atoms with van der Waals surface area (Å²) in [4.78, 5) is 15.0. The summed E-state index contributed by atoms with van der Waals surface area (Å²) in [5.41, 5.74) is 2.17. The van der Waals surface area contributed by atoms with Crippen molar-refractivity contribution in [1.29, 1.82) is 0 Å². The molecule has 0 unspecified atom stereocenters. The molecule has 1 aliphatic rings. The molecule has 0 amide bonds. The molecule has 4 rings (SSSR count). The molecule has 25 heavy (non-hydrogen) atoms. The first-order valence-corrected chi connectivity index (χ1v) is 9.44. The summed E-state index contributed by atoms with van der Waals surface area (Å²) in [5, 5.41) is 7.63. The van der Waals surface area contributed by atoms with Gasteiger partial charge in [-0.05, 0) is 31.9 Å². The number of nitrogens with zero attached hydrogens (tertiary/aromatic N) is 3. The lowest BCUT2D eigenvalue weighted by molar-refractivity contribution is 0.446. The van der Waals surface area contributed by atoms with Crippen molar-refractivity contribution in [2.75, 3.05) is 18.4 Å². The first kappa shape index (κ1) is 16.2. The molecule has 1 aromatic carbocycles. The van der Waals surface area contributed by atoms with E-state index in [2.05, 4.69) is 32.7 Å². The summed E-state index contributed by atoms with van der Waals surface area (Å²) in [6.07, 6.45) is 4.23. The van der Waals surface area contributed by atoms with E-state index < -0.39 is 0 Å². The van der Waals surface area contributed by atoms with Gasteiger partial charge in [0.2, 0.25) is 0 Å². The van der Waals surface area contributed by atoms with Gasteiger partial charge in [0.25, 0.3) is 0 Å². The number of hydrogen-bond acceptors (Lipinski definition) is 6. The summed E-state index contributed by atoms with van der Waals surface area (Å²) in [7, 11) is 0. The molecule has 1 atom stereocenters. The molecule has 3 heterocycles. The van der Waals surface area contributed by atoms with Crippen molar-refractivity contribution < 1.29 is 0 Å². The first-order valence-electron chi connectivity index (χ1n) is 8.62. The number of aromatic nitrogens is 3. The highest BCUT2D eigenvalue weighted by Crippen LogP contribution is 2.30. The molecule has 0 radical (unpaired) electrons. The van der Waals surface area contributed by atoms with Gasteiger partial charge in [0, 0.05) is 30.4 Å². The van der Waals surface area contributed by atoms with E-state index in [1.165, 1.54) is 12.0 Å². The smallest absolute Gasteiger partial charge is 0.188 e. The third kappa shape index (κ3) is 3.86. The Bertz CT molecular complexity index is 840. The highest BCUT2D eigenvalue weighted by Gasteiger charge is 2.19. The fourth-order valence-electron chi connectivity index (χ4n) is 3.09. The predicted octanol–water partition coefficient (Wildman–Crippen LogP) is 4.12. The van der Waals surface area contributed by atoms with Crippen molar-refractivity contribution in [3.05, 3.63) is 54.1 Å². The van der Waals surface area contributed by atoms with Crippen LogP contribution >= 0.6 is 11.3 Å². The van der Waals surface area contributed by atoms with Crippen LogP contribution in [0, 0.1) is 6.92 Å². The van der Waals surface area contributed by atoms with Crippen LogP contribution in [0.15, 0.2) is 42.6 Å². The minimum atomic E-state index is 0.394. The average molecular weight is 351 g/mol. The Morgan fingerprint density at radius 1 is 1.20 bits per heavy atom. The highest BCUT2D eigenvalue weighted by molar-refractivity contribution is 7.18. The normalized spacial score (nSPS) is 17.4. The Morgan fingerprint density at radius 2 is 2.08 bits per heavy atom. The fourth-order valence-corrected chi connectivity index (χ4v) is 3.92. The molecule has 1 fully saturated rings. The summed E-state index contributed by atoms with van der Waals surface area (Å²) in [6.45, 7) is 4.07. The van der Waals surface area contributed by atoms with Crippen LogP contribution in [-0.2, 0) is 0 Å². The number of hydrogen-bond donors (Lipinski definition) is 2. The molecule has 0 saturated carbocycles. The Morgan fingerprint density at radius 3 is 2.88 bits per heavy atom. The van der Waals surface area contributed by atoms with Gasteiger partial charge in [-0.1, -0.05) is 41.7 Å². The zero-order valence-electron chi connectivity index (χ0n) is 14.2. The Hall–Kier alpha value is -2.31. The van der Waals surface area contributed by atoms with E-state index in [0.717, 1.165) is 46.9 Å². The van der Waals surface area contributed by atoms with Crippen LogP contribution in [0.5, 0.6) is 0 Å². The van der Waals surface area contributed by atoms with E-state index in [4.69, 9.17) is 4.98 Å². The zero-order chi connectivity index (χ0) is 17.1. The van der Waals surface area contributed by atoms with Gasteiger partial charge in [0.05, 0.1) is 4.88 Å². The molecule has 1 aliphatic heterocycles. The standard InChI is InChI=1S/C19H21N5S/c1-13-10-17(23-18(22-13)15-8-5-9-20-11-15)24-19-21-12-16(25-19)14-6-3-2-4-7-14/h2-4,6-7,10,12,15,20H,5,8-9,11H2,1H3,(H,21,22,23,24)/t15-/m1/s1. The zero-order valence-corrected chi connectivity index (χ0v) is 15.0. The number of thiazole rings is 1. The Balaban J connectivity index is 1.54. The van der Waals surface area contributed by atoms with Crippen LogP contribution in [-0.4, -0.2) is 28.0 Å². The van der Waals surface area contributed by atoms with E-state index in [1.54, 1.807) is 11.3 Å². The topological polar surface area (TPSA) is 62.7 Å². The lowest BCUT2D eigenvalue weighted by Gasteiger charge is -2.22. The number of piperidine rings is 1. The second-order valence-electron chi connectivity index (χ2n) is 6.32. The van der Waals surface area contributed by atoms with Crippen molar-refractivity contribution in [3.8, 4) is 10.4 Å². The third-order valence-corrected chi connectivity index (χ3v) is 5.29. The minimum absolute atomic E-state index is 0.394. The van der Waals surface area contributed by atoms with Gasteiger partial charge in [-0.3, -0.25) is 0 Å². The summed E-state index contributed by atoms with van der Waals surface area (Å²) in [6, 6.07) is 12.3. The number of rotatable bonds is 4. The number of benzene rings is 1. The fraction of sp³-hybridized carbons (Fsp3) is 0.316. The van der Waals surface area contributed by atoms with Crippen LogP contribution in [0.1, 0.15) is 30.3 Å². The van der Waals surface area contributed by atoms with Crippen LogP contribution in [0.3, 0.4) is 0 Å². The monoisotopic (exact) mass is 351 g/mol. The summed E-state index contributed by atoms with van der Waals surface area (Å²) >= 11 is 1.63. The summed E-state index contributed by atoms with van der Waals surface area (Å²) < 4.78 is 0. The molecule has 0 bridgehead atoms. The predicted molar refractivity (Wildman–Crippen MR) is 102 cm³/mol. The van der Waals surface area contributed by atoms with Gasteiger partial charge < -0.3 is 10.6 Å². The average Bonchev–Trinajstić information content (AvgIpc) is 3.11. The van der Waals surface area contributed by atoms with Crippen LogP contribution in [0.4, 0.5) is 10.9 Å². The molecular formula is C19H21N5S. The lowest BCUT2D eigenvalue weighted by Crippen LogP contribution is -2.29. The van der Waals surface area contributed by atoms with E-state index >= 15 is 0 Å². The van der Waals surface area contributed by atoms with E-state index in [9.17, 15) is 0 Å². The van der Waals surface area contributed by atoms with Crippen molar-refractivity contribution in [1.82, 2.24) is 20.3 Å². The van der Waals surface area contributed by atoms with Crippen LogP contribution < -0.4 is 10.6 Å². The van der Waals surface area contributed by atoms with Crippen molar-refractivity contribution in [2.45, 2.75) is 25.7 Å².